The van der Waals surface area contributed by atoms with E-state index < -0.39 is 23.5 Å². The maximum atomic E-state index is 13.1. The first-order valence-corrected chi connectivity index (χ1v) is 10.8. The number of nitrogens with zero attached hydrogens (tertiary/aromatic N) is 2. The molecule has 1 aliphatic heterocycles. The lowest BCUT2D eigenvalue weighted by atomic mass is 9.85. The van der Waals surface area contributed by atoms with E-state index in [-0.39, 0.29) is 11.0 Å². The minimum Gasteiger partial charge on any atom is -0.503 e. The fourth-order valence-corrected chi connectivity index (χ4v) is 3.84. The van der Waals surface area contributed by atoms with Crippen LogP contribution in [0.5, 0.6) is 0 Å². The van der Waals surface area contributed by atoms with Crippen LogP contribution in [0.15, 0.2) is 64.5 Å². The molecule has 1 unspecified atom stereocenters. The van der Waals surface area contributed by atoms with Gasteiger partial charge < -0.3 is 19.3 Å². The second-order valence-electron chi connectivity index (χ2n) is 9.41. The van der Waals surface area contributed by atoms with Crippen LogP contribution in [-0.2, 0) is 15.0 Å². The lowest BCUT2D eigenvalue weighted by molar-refractivity contribution is -0.129. The summed E-state index contributed by atoms with van der Waals surface area (Å²) in [7, 11) is 3.94. The highest BCUT2D eigenvalue weighted by Crippen LogP contribution is 2.38. The maximum absolute atomic E-state index is 13.1. The van der Waals surface area contributed by atoms with Gasteiger partial charge in [0.25, 0.3) is 5.91 Å². The Morgan fingerprint density at radius 1 is 1.19 bits per heavy atom. The fraction of sp³-hybridized carbons (Fsp3) is 0.385. The summed E-state index contributed by atoms with van der Waals surface area (Å²) in [6.45, 7) is 7.63. The molecule has 0 saturated heterocycles. The van der Waals surface area contributed by atoms with E-state index >= 15 is 0 Å². The SMILES string of the molecule is CN(C)CCCN1C(=O)C(O)=C(C(=O)/C=C/c2ccco2)C1c1ccc(C(C)(C)C)cc1. The molecule has 3 rings (SSSR count). The normalized spacial score (nSPS) is 17.2. The number of hydrogen-bond acceptors (Lipinski definition) is 5. The number of ketones is 1. The highest BCUT2D eigenvalue weighted by molar-refractivity contribution is 6.14. The molecule has 2 heterocycles. The third kappa shape index (κ3) is 5.19. The van der Waals surface area contributed by atoms with Gasteiger partial charge in [-0.2, -0.15) is 0 Å². The Morgan fingerprint density at radius 2 is 1.88 bits per heavy atom. The van der Waals surface area contributed by atoms with Gasteiger partial charge >= 0.3 is 0 Å². The van der Waals surface area contributed by atoms with Crippen molar-refractivity contribution < 1.29 is 19.1 Å². The van der Waals surface area contributed by atoms with Crippen molar-refractivity contribution in [2.75, 3.05) is 27.2 Å². The summed E-state index contributed by atoms with van der Waals surface area (Å²) < 4.78 is 5.25. The molecule has 0 fully saturated rings. The third-order valence-corrected chi connectivity index (χ3v) is 5.61. The van der Waals surface area contributed by atoms with E-state index in [4.69, 9.17) is 4.42 Å². The summed E-state index contributed by atoms with van der Waals surface area (Å²) in [6, 6.07) is 10.8. The van der Waals surface area contributed by atoms with Crippen molar-refractivity contribution in [1.29, 1.82) is 0 Å². The van der Waals surface area contributed by atoms with Crippen LogP contribution in [0.4, 0.5) is 0 Å². The monoisotopic (exact) mass is 436 g/mol. The number of carbonyl (C=O) groups is 2. The fourth-order valence-electron chi connectivity index (χ4n) is 3.84. The zero-order valence-electron chi connectivity index (χ0n) is 19.5. The zero-order chi connectivity index (χ0) is 23.5. The van der Waals surface area contributed by atoms with Crippen LogP contribution in [0, 0.1) is 0 Å². The first-order valence-electron chi connectivity index (χ1n) is 10.8. The Bertz CT molecular complexity index is 1010. The molecule has 1 N–H and O–H groups in total. The lowest BCUT2D eigenvalue weighted by Crippen LogP contribution is -2.33. The van der Waals surface area contributed by atoms with Crippen LogP contribution in [0.2, 0.25) is 0 Å². The molecule has 1 aromatic heterocycles. The smallest absolute Gasteiger partial charge is 0.290 e. The quantitative estimate of drug-likeness (QED) is 0.617. The van der Waals surface area contributed by atoms with Crippen molar-refractivity contribution >= 4 is 17.8 Å². The van der Waals surface area contributed by atoms with Gasteiger partial charge in [0.1, 0.15) is 5.76 Å². The summed E-state index contributed by atoms with van der Waals surface area (Å²) in [5, 5.41) is 10.7. The Kier molecular flexibility index (Phi) is 7.04. The second-order valence-corrected chi connectivity index (χ2v) is 9.41. The van der Waals surface area contributed by atoms with Crippen LogP contribution in [0.3, 0.4) is 0 Å². The topological polar surface area (TPSA) is 74.0 Å². The van der Waals surface area contributed by atoms with Crippen LogP contribution >= 0.6 is 0 Å². The van der Waals surface area contributed by atoms with Crippen molar-refractivity contribution in [3.8, 4) is 0 Å². The highest BCUT2D eigenvalue weighted by atomic mass is 16.3. The second kappa shape index (κ2) is 9.57. The Morgan fingerprint density at radius 3 is 2.44 bits per heavy atom. The van der Waals surface area contributed by atoms with E-state index in [9.17, 15) is 14.7 Å². The van der Waals surface area contributed by atoms with Gasteiger partial charge in [0.15, 0.2) is 11.5 Å². The van der Waals surface area contributed by atoms with E-state index in [1.54, 1.807) is 23.1 Å². The average molecular weight is 437 g/mol. The van der Waals surface area contributed by atoms with Gasteiger partial charge in [-0.15, -0.1) is 0 Å². The number of carbonyl (C=O) groups excluding carboxylic acids is 2. The predicted octanol–water partition coefficient (Wildman–Crippen LogP) is 4.51. The number of aliphatic hydroxyl groups is 1. The number of hydrogen-bond donors (Lipinski definition) is 1. The number of aliphatic hydroxyl groups excluding tert-OH is 1. The zero-order valence-corrected chi connectivity index (χ0v) is 19.5. The van der Waals surface area contributed by atoms with Gasteiger partial charge in [0, 0.05) is 6.54 Å². The average Bonchev–Trinajstić information content (AvgIpc) is 3.33. The van der Waals surface area contributed by atoms with Crippen molar-refractivity contribution in [2.24, 2.45) is 0 Å². The van der Waals surface area contributed by atoms with Gasteiger partial charge in [0.2, 0.25) is 0 Å². The molecule has 0 bridgehead atoms. The van der Waals surface area contributed by atoms with Crippen molar-refractivity contribution in [3.05, 3.63) is 77.0 Å². The van der Waals surface area contributed by atoms with E-state index in [1.807, 2.05) is 43.3 Å². The molecular weight excluding hydrogens is 404 g/mol. The summed E-state index contributed by atoms with van der Waals surface area (Å²) >= 11 is 0. The van der Waals surface area contributed by atoms with Crippen molar-refractivity contribution in [3.63, 3.8) is 0 Å². The van der Waals surface area contributed by atoms with Crippen molar-refractivity contribution in [1.82, 2.24) is 9.80 Å². The van der Waals surface area contributed by atoms with E-state index in [0.717, 1.165) is 24.1 Å². The molecule has 0 aliphatic carbocycles. The van der Waals surface area contributed by atoms with Gasteiger partial charge in [0.05, 0.1) is 17.9 Å². The Hall–Kier alpha value is -3.12. The van der Waals surface area contributed by atoms with Gasteiger partial charge in [-0.25, -0.2) is 0 Å². The number of rotatable bonds is 8. The first kappa shape index (κ1) is 23.5. The molecule has 1 aromatic carbocycles. The largest absolute Gasteiger partial charge is 0.503 e. The van der Waals surface area contributed by atoms with E-state index in [1.165, 1.54) is 12.3 Å². The molecule has 1 amide bonds. The number of allylic oxidation sites excluding steroid dienone is 1. The number of benzene rings is 1. The Labute approximate surface area is 189 Å². The van der Waals surface area contributed by atoms with Gasteiger partial charge in [-0.1, -0.05) is 45.0 Å². The summed E-state index contributed by atoms with van der Waals surface area (Å²) in [4.78, 5) is 29.7. The van der Waals surface area contributed by atoms with Crippen LogP contribution in [0.1, 0.15) is 50.1 Å². The standard InChI is InChI=1S/C26H32N2O4/c1-26(2,3)19-11-9-18(10-12-19)23-22(21(29)14-13-20-8-6-17-32-20)24(30)25(31)28(23)16-7-15-27(4)5/h6,8-14,17,23,30H,7,15-16H2,1-5H3/b14-13+. The predicted molar refractivity (Wildman–Crippen MR) is 125 cm³/mol. The Balaban J connectivity index is 1.96. The van der Waals surface area contributed by atoms with E-state index in [0.29, 0.717) is 12.3 Å². The highest BCUT2D eigenvalue weighted by Gasteiger charge is 2.42. The molecule has 32 heavy (non-hydrogen) atoms. The number of amides is 1. The van der Waals surface area contributed by atoms with Crippen LogP contribution < -0.4 is 0 Å². The summed E-state index contributed by atoms with van der Waals surface area (Å²) in [6.07, 6.45) is 5.14. The third-order valence-electron chi connectivity index (χ3n) is 5.61. The summed E-state index contributed by atoms with van der Waals surface area (Å²) in [5.41, 5.74) is 2.04. The van der Waals surface area contributed by atoms with E-state index in [2.05, 4.69) is 20.8 Å². The molecule has 2 aromatic rings. The van der Waals surface area contributed by atoms with Gasteiger partial charge in [-0.3, -0.25) is 9.59 Å². The number of furan rings is 1. The molecular formula is C26H32N2O4. The first-order chi connectivity index (χ1) is 15.1. The van der Waals surface area contributed by atoms with Gasteiger partial charge in [-0.05, 0) is 67.9 Å². The molecule has 0 spiro atoms. The molecule has 170 valence electrons. The molecule has 0 saturated carbocycles. The summed E-state index contributed by atoms with van der Waals surface area (Å²) in [5.74, 6) is -0.874. The van der Waals surface area contributed by atoms with Crippen molar-refractivity contribution in [2.45, 2.75) is 38.6 Å². The maximum Gasteiger partial charge on any atom is 0.290 e. The molecule has 1 atom stereocenters. The minimum absolute atomic E-state index is 0.0160. The molecule has 6 heteroatoms. The lowest BCUT2D eigenvalue weighted by Gasteiger charge is -2.28. The van der Waals surface area contributed by atoms with Crippen LogP contribution in [0.25, 0.3) is 6.08 Å². The molecule has 1 aliphatic rings. The van der Waals surface area contributed by atoms with Crippen LogP contribution in [-0.4, -0.2) is 53.8 Å². The molecule has 0 radical (unpaired) electrons. The minimum atomic E-state index is -0.632. The molecule has 6 nitrogen and oxygen atoms in total.